The van der Waals surface area contributed by atoms with Gasteiger partial charge in [0, 0.05) is 12.3 Å². The first-order valence-electron chi connectivity index (χ1n) is 10.0. The van der Waals surface area contributed by atoms with E-state index in [0.717, 1.165) is 0 Å². The Balaban J connectivity index is 1.59. The van der Waals surface area contributed by atoms with Crippen molar-refractivity contribution in [1.82, 2.24) is 14.6 Å². The zero-order valence-electron chi connectivity index (χ0n) is 17.4. The molecule has 2 aromatic rings. The molecule has 0 radical (unpaired) electrons. The summed E-state index contributed by atoms with van der Waals surface area (Å²) in [6.45, 7) is 3.90. The molecule has 3 rings (SSSR count). The van der Waals surface area contributed by atoms with Crippen molar-refractivity contribution in [3.63, 3.8) is 0 Å². The lowest BCUT2D eigenvalue weighted by atomic mass is 10.2. The second-order valence-corrected chi connectivity index (χ2v) is 8.08. The number of nitrogens with zero attached hydrogens (tertiary/aromatic N) is 1. The number of esters is 1. The van der Waals surface area contributed by atoms with Crippen molar-refractivity contribution >= 4 is 14.5 Å². The lowest BCUT2D eigenvalue weighted by molar-refractivity contribution is -0.144. The summed E-state index contributed by atoms with van der Waals surface area (Å²) in [5.41, 5.74) is -0.969. The normalized spacial score (nSPS) is 20.2. The third-order valence-corrected chi connectivity index (χ3v) is 5.85. The number of ether oxygens (including phenoxy) is 2. The van der Waals surface area contributed by atoms with Gasteiger partial charge in [-0.3, -0.25) is 19.1 Å². The molecule has 4 unspecified atom stereocenters. The van der Waals surface area contributed by atoms with Gasteiger partial charge in [-0.1, -0.05) is 18.2 Å². The average Bonchev–Trinajstić information content (AvgIpc) is 3.21. The van der Waals surface area contributed by atoms with Crippen LogP contribution in [0.4, 0.5) is 0 Å². The Kier molecular flexibility index (Phi) is 8.36. The summed E-state index contributed by atoms with van der Waals surface area (Å²) in [5.74, 6) is 0.201. The molecule has 0 bridgehead atoms. The molecule has 10 nitrogen and oxygen atoms in total. The molecule has 0 saturated carbocycles. The number of nitrogens with one attached hydrogen (secondary N) is 2. The van der Waals surface area contributed by atoms with Crippen LogP contribution in [0.5, 0.6) is 5.75 Å². The first-order chi connectivity index (χ1) is 15.0. The predicted molar refractivity (Wildman–Crippen MR) is 114 cm³/mol. The van der Waals surface area contributed by atoms with Crippen LogP contribution in [-0.4, -0.2) is 40.9 Å². The SMILES string of the molecule is CCOC(=O)C(C)NP(OCC1CCC(n2ccc(=O)[nH]c2=O)O1)Oc1ccccc1. The maximum atomic E-state index is 12.0. The van der Waals surface area contributed by atoms with E-state index in [2.05, 4.69) is 10.1 Å². The molecule has 1 fully saturated rings. The van der Waals surface area contributed by atoms with Crippen molar-refractivity contribution in [2.45, 2.75) is 45.1 Å². The smallest absolute Gasteiger partial charge is 0.330 e. The summed E-state index contributed by atoms with van der Waals surface area (Å²) in [6, 6.07) is 9.79. The van der Waals surface area contributed by atoms with E-state index in [9.17, 15) is 14.4 Å². The minimum absolute atomic E-state index is 0.204. The second-order valence-electron chi connectivity index (χ2n) is 6.87. The third kappa shape index (κ3) is 6.73. The standard InChI is InChI=1S/C20H26N3O7P/c1-3-27-19(25)14(2)22-31(30-15-7-5-4-6-8-15)28-13-16-9-10-18(29-16)23-12-11-17(24)21-20(23)26/h4-8,11-12,14,16,18,22H,3,9-10,13H2,1-2H3,(H,21,24,26). The van der Waals surface area contributed by atoms with Gasteiger partial charge in [-0.05, 0) is 38.8 Å². The van der Waals surface area contributed by atoms with Crippen LogP contribution in [0, 0.1) is 0 Å². The Labute approximate surface area is 180 Å². The molecule has 1 aliphatic heterocycles. The number of carbonyl (C=O) groups is 1. The van der Waals surface area contributed by atoms with Crippen LogP contribution in [-0.2, 0) is 18.8 Å². The van der Waals surface area contributed by atoms with Gasteiger partial charge >= 0.3 is 20.2 Å². The Morgan fingerprint density at radius 3 is 2.77 bits per heavy atom. The lowest BCUT2D eigenvalue weighted by Crippen LogP contribution is -2.34. The van der Waals surface area contributed by atoms with Gasteiger partial charge in [0.05, 0.1) is 19.3 Å². The highest BCUT2D eigenvalue weighted by atomic mass is 31.2. The van der Waals surface area contributed by atoms with Crippen LogP contribution in [0.15, 0.2) is 52.2 Å². The molecule has 2 N–H and O–H groups in total. The number of benzene rings is 1. The highest BCUT2D eigenvalue weighted by molar-refractivity contribution is 7.45. The van der Waals surface area contributed by atoms with E-state index in [1.54, 1.807) is 26.0 Å². The number of H-pyrrole nitrogens is 1. The monoisotopic (exact) mass is 451 g/mol. The van der Waals surface area contributed by atoms with Gasteiger partial charge in [-0.15, -0.1) is 0 Å². The van der Waals surface area contributed by atoms with Crippen LogP contribution >= 0.6 is 8.53 Å². The van der Waals surface area contributed by atoms with E-state index in [-0.39, 0.29) is 19.3 Å². The van der Waals surface area contributed by atoms with Crippen LogP contribution in [0.3, 0.4) is 0 Å². The quantitative estimate of drug-likeness (QED) is 0.416. The summed E-state index contributed by atoms with van der Waals surface area (Å²) in [7, 11) is -1.66. The molecule has 1 aliphatic rings. The Morgan fingerprint density at radius 1 is 1.29 bits per heavy atom. The number of para-hydroxylation sites is 1. The summed E-state index contributed by atoms with van der Waals surface area (Å²) in [6.07, 6.45) is 1.93. The molecule has 2 heterocycles. The molecular weight excluding hydrogens is 425 g/mol. The summed E-state index contributed by atoms with van der Waals surface area (Å²) in [5, 5.41) is 3.03. The Hall–Kier alpha value is -2.52. The number of hydrogen-bond acceptors (Lipinski definition) is 8. The van der Waals surface area contributed by atoms with E-state index >= 15 is 0 Å². The van der Waals surface area contributed by atoms with Crippen molar-refractivity contribution in [1.29, 1.82) is 0 Å². The van der Waals surface area contributed by atoms with E-state index in [0.29, 0.717) is 18.6 Å². The number of rotatable bonds is 10. The van der Waals surface area contributed by atoms with E-state index in [1.165, 1.54) is 16.8 Å². The summed E-state index contributed by atoms with van der Waals surface area (Å²) >= 11 is 0. The third-order valence-electron chi connectivity index (χ3n) is 4.49. The fourth-order valence-electron chi connectivity index (χ4n) is 2.96. The van der Waals surface area contributed by atoms with Crippen molar-refractivity contribution in [3.05, 3.63) is 63.4 Å². The molecule has 0 aliphatic carbocycles. The van der Waals surface area contributed by atoms with Gasteiger partial charge in [0.25, 0.3) is 5.56 Å². The molecule has 0 spiro atoms. The fraction of sp³-hybridized carbons (Fsp3) is 0.450. The number of carbonyl (C=O) groups excluding carboxylic acids is 1. The van der Waals surface area contributed by atoms with E-state index in [4.69, 9.17) is 18.5 Å². The molecule has 11 heteroatoms. The van der Waals surface area contributed by atoms with Crippen molar-refractivity contribution in [2.75, 3.05) is 13.2 Å². The molecule has 1 aromatic carbocycles. The maximum Gasteiger partial charge on any atom is 0.330 e. The van der Waals surface area contributed by atoms with Gasteiger partial charge in [0.2, 0.25) is 0 Å². The van der Waals surface area contributed by atoms with E-state index < -0.39 is 38.0 Å². The van der Waals surface area contributed by atoms with Gasteiger partial charge in [-0.25, -0.2) is 9.88 Å². The molecule has 4 atom stereocenters. The maximum absolute atomic E-state index is 12.0. The summed E-state index contributed by atoms with van der Waals surface area (Å²) < 4.78 is 24.1. The zero-order valence-corrected chi connectivity index (χ0v) is 18.2. The molecule has 0 amide bonds. The lowest BCUT2D eigenvalue weighted by Gasteiger charge is -2.23. The minimum atomic E-state index is -1.66. The van der Waals surface area contributed by atoms with Crippen LogP contribution in [0.1, 0.15) is 32.9 Å². The van der Waals surface area contributed by atoms with Crippen molar-refractivity contribution in [3.8, 4) is 5.75 Å². The first kappa shape index (κ1) is 23.1. The average molecular weight is 451 g/mol. The largest absolute Gasteiger partial charge is 0.465 e. The van der Waals surface area contributed by atoms with Gasteiger partial charge in [0.15, 0.2) is 0 Å². The number of hydrogen-bond donors (Lipinski definition) is 2. The Bertz CT molecular complexity index is 965. The minimum Gasteiger partial charge on any atom is -0.465 e. The highest BCUT2D eigenvalue weighted by Crippen LogP contribution is 2.38. The predicted octanol–water partition coefficient (Wildman–Crippen LogP) is 2.08. The van der Waals surface area contributed by atoms with E-state index in [1.807, 2.05) is 18.2 Å². The molecule has 168 valence electrons. The number of aromatic amines is 1. The highest BCUT2D eigenvalue weighted by Gasteiger charge is 2.30. The Morgan fingerprint density at radius 2 is 2.06 bits per heavy atom. The topological polar surface area (TPSA) is 121 Å². The van der Waals surface area contributed by atoms with Gasteiger partial charge < -0.3 is 18.5 Å². The number of aromatic nitrogens is 2. The van der Waals surface area contributed by atoms with Crippen LogP contribution in [0.2, 0.25) is 0 Å². The molecule has 1 aromatic heterocycles. The summed E-state index contributed by atoms with van der Waals surface area (Å²) in [4.78, 5) is 37.4. The molecular formula is C20H26N3O7P. The zero-order chi connectivity index (χ0) is 22.2. The molecule has 1 saturated heterocycles. The van der Waals surface area contributed by atoms with Gasteiger partial charge in [0.1, 0.15) is 18.0 Å². The first-order valence-corrected chi connectivity index (χ1v) is 11.2. The fourth-order valence-corrected chi connectivity index (χ4v) is 4.18. The van der Waals surface area contributed by atoms with Crippen LogP contribution < -0.4 is 20.9 Å². The van der Waals surface area contributed by atoms with Crippen molar-refractivity contribution in [2.24, 2.45) is 0 Å². The second kappa shape index (κ2) is 11.2. The molecule has 31 heavy (non-hydrogen) atoms. The van der Waals surface area contributed by atoms with Crippen LogP contribution in [0.25, 0.3) is 0 Å². The van der Waals surface area contributed by atoms with Crippen molar-refractivity contribution < 1.29 is 23.3 Å². The van der Waals surface area contributed by atoms with Gasteiger partial charge in [-0.2, -0.15) is 0 Å².